The second-order valence-corrected chi connectivity index (χ2v) is 7.60. The maximum Gasteiger partial charge on any atom is 0.311 e. The van der Waals surface area contributed by atoms with Crippen molar-refractivity contribution in [2.75, 3.05) is 0 Å². The van der Waals surface area contributed by atoms with Crippen LogP contribution in [0.4, 0.5) is 0 Å². The van der Waals surface area contributed by atoms with E-state index in [-0.39, 0.29) is 18.4 Å². The lowest BCUT2D eigenvalue weighted by molar-refractivity contribution is -0.154. The molecule has 0 fully saturated rings. The fraction of sp³-hybridized carbons (Fsp3) is 0.280. The van der Waals surface area contributed by atoms with Crippen molar-refractivity contribution in [3.63, 3.8) is 0 Å². The average Bonchev–Trinajstić information content (AvgIpc) is 2.74. The van der Waals surface area contributed by atoms with E-state index in [1.807, 2.05) is 54.6 Å². The lowest BCUT2D eigenvalue weighted by atomic mass is 9.87. The number of esters is 1. The molecule has 148 valence electrons. The zero-order chi connectivity index (χ0) is 20.2. The molecule has 0 unspecified atom stereocenters. The molecule has 0 aliphatic heterocycles. The predicted octanol–water partition coefficient (Wildman–Crippen LogP) is 4.51. The summed E-state index contributed by atoms with van der Waals surface area (Å²) >= 11 is 0. The number of benzene rings is 3. The first kappa shape index (κ1) is 19.2. The van der Waals surface area contributed by atoms with E-state index in [0.717, 1.165) is 35.6 Å². The van der Waals surface area contributed by atoms with E-state index in [1.54, 1.807) is 6.92 Å². The van der Waals surface area contributed by atoms with Gasteiger partial charge in [0.25, 0.3) is 5.91 Å². The van der Waals surface area contributed by atoms with Gasteiger partial charge in [-0.15, -0.1) is 0 Å². The molecule has 0 aromatic heterocycles. The van der Waals surface area contributed by atoms with Crippen LogP contribution in [0.5, 0.6) is 0 Å². The maximum absolute atomic E-state index is 12.6. The number of carbonyl (C=O) groups is 2. The molecule has 1 aliphatic rings. The molecule has 4 rings (SSSR count). The molecule has 1 N–H and O–H groups in total. The SMILES string of the molecule is C[C@@H](OC(=O)Cc1cccc2ccccc12)C(=O)N[C@@H]1CCCc2ccccc21. The summed E-state index contributed by atoms with van der Waals surface area (Å²) in [6.07, 6.45) is 2.30. The van der Waals surface area contributed by atoms with Crippen LogP contribution < -0.4 is 5.32 Å². The van der Waals surface area contributed by atoms with Crippen LogP contribution in [0.15, 0.2) is 66.7 Å². The molecule has 2 atom stereocenters. The van der Waals surface area contributed by atoms with Gasteiger partial charge in [0.1, 0.15) is 0 Å². The van der Waals surface area contributed by atoms with Crippen molar-refractivity contribution in [3.05, 3.63) is 83.4 Å². The highest BCUT2D eigenvalue weighted by molar-refractivity contribution is 5.90. The Hall–Kier alpha value is -3.14. The molecule has 4 heteroatoms. The smallest absolute Gasteiger partial charge is 0.311 e. The Kier molecular flexibility index (Phi) is 5.61. The predicted molar refractivity (Wildman–Crippen MR) is 113 cm³/mol. The van der Waals surface area contributed by atoms with E-state index in [4.69, 9.17) is 4.74 Å². The van der Waals surface area contributed by atoms with Gasteiger partial charge in [-0.3, -0.25) is 9.59 Å². The number of nitrogens with one attached hydrogen (secondary N) is 1. The highest BCUT2D eigenvalue weighted by atomic mass is 16.5. The Balaban J connectivity index is 1.38. The standard InChI is InChI=1S/C25H25NO3/c1-17(25(28)26-23-15-7-11-19-9-3-5-14-22(19)23)29-24(27)16-20-12-6-10-18-8-2-4-13-21(18)20/h2-6,8-10,12-14,17,23H,7,11,15-16H2,1H3,(H,26,28)/t17-,23-/m1/s1. The Morgan fingerprint density at radius 3 is 2.69 bits per heavy atom. The molecule has 29 heavy (non-hydrogen) atoms. The summed E-state index contributed by atoms with van der Waals surface area (Å²) in [6.45, 7) is 1.63. The molecule has 0 bridgehead atoms. The molecular weight excluding hydrogens is 362 g/mol. The van der Waals surface area contributed by atoms with Gasteiger partial charge in [0.15, 0.2) is 6.10 Å². The third-order valence-electron chi connectivity index (χ3n) is 5.58. The number of hydrogen-bond donors (Lipinski definition) is 1. The second-order valence-electron chi connectivity index (χ2n) is 7.60. The van der Waals surface area contributed by atoms with E-state index in [2.05, 4.69) is 17.4 Å². The highest BCUT2D eigenvalue weighted by Gasteiger charge is 2.25. The summed E-state index contributed by atoms with van der Waals surface area (Å²) in [5, 5.41) is 5.17. The third-order valence-corrected chi connectivity index (χ3v) is 5.58. The molecule has 3 aromatic carbocycles. The van der Waals surface area contributed by atoms with Gasteiger partial charge in [0, 0.05) is 0 Å². The molecule has 0 saturated carbocycles. The van der Waals surface area contributed by atoms with Gasteiger partial charge >= 0.3 is 5.97 Å². The van der Waals surface area contributed by atoms with E-state index in [0.29, 0.717) is 0 Å². The largest absolute Gasteiger partial charge is 0.452 e. The average molecular weight is 387 g/mol. The molecule has 4 nitrogen and oxygen atoms in total. The number of fused-ring (bicyclic) bond motifs is 2. The lowest BCUT2D eigenvalue weighted by Gasteiger charge is -2.27. The maximum atomic E-state index is 12.6. The quantitative estimate of drug-likeness (QED) is 0.656. The topological polar surface area (TPSA) is 55.4 Å². The van der Waals surface area contributed by atoms with Crippen LogP contribution in [0.1, 0.15) is 42.5 Å². The minimum absolute atomic E-state index is 0.0216. The molecular formula is C25H25NO3. The van der Waals surface area contributed by atoms with Gasteiger partial charge in [-0.1, -0.05) is 66.7 Å². The van der Waals surface area contributed by atoms with E-state index >= 15 is 0 Å². The van der Waals surface area contributed by atoms with Crippen LogP contribution in [0.25, 0.3) is 10.8 Å². The summed E-state index contributed by atoms with van der Waals surface area (Å²) in [4.78, 5) is 25.1. The number of aryl methyl sites for hydroxylation is 1. The first-order valence-electron chi connectivity index (χ1n) is 10.2. The minimum Gasteiger partial charge on any atom is -0.452 e. The Labute approximate surface area is 170 Å². The van der Waals surface area contributed by atoms with Crippen LogP contribution in [-0.4, -0.2) is 18.0 Å². The van der Waals surface area contributed by atoms with Crippen molar-refractivity contribution in [2.24, 2.45) is 0 Å². The number of rotatable bonds is 5. The summed E-state index contributed by atoms with van der Waals surface area (Å²) in [5.74, 6) is -0.647. The monoisotopic (exact) mass is 387 g/mol. The zero-order valence-corrected chi connectivity index (χ0v) is 16.6. The van der Waals surface area contributed by atoms with Crippen LogP contribution in [0, 0.1) is 0 Å². The summed E-state index contributed by atoms with van der Waals surface area (Å²) in [7, 11) is 0. The first-order chi connectivity index (χ1) is 14.1. The molecule has 1 amide bonds. The van der Waals surface area contributed by atoms with Gasteiger partial charge in [0.2, 0.25) is 0 Å². The first-order valence-corrected chi connectivity index (χ1v) is 10.2. The highest BCUT2D eigenvalue weighted by Crippen LogP contribution is 2.29. The van der Waals surface area contributed by atoms with E-state index < -0.39 is 12.1 Å². The van der Waals surface area contributed by atoms with Gasteiger partial charge in [-0.2, -0.15) is 0 Å². The fourth-order valence-corrected chi connectivity index (χ4v) is 4.09. The van der Waals surface area contributed by atoms with Crippen molar-refractivity contribution in [1.29, 1.82) is 0 Å². The van der Waals surface area contributed by atoms with Crippen molar-refractivity contribution in [2.45, 2.75) is 44.8 Å². The number of hydrogen-bond acceptors (Lipinski definition) is 3. The van der Waals surface area contributed by atoms with E-state index in [9.17, 15) is 9.59 Å². The normalized spacial score (nSPS) is 16.7. The van der Waals surface area contributed by atoms with Gasteiger partial charge < -0.3 is 10.1 Å². The fourth-order valence-electron chi connectivity index (χ4n) is 4.09. The second kappa shape index (κ2) is 8.48. The van der Waals surface area contributed by atoms with Crippen LogP contribution in [-0.2, 0) is 27.2 Å². The Morgan fingerprint density at radius 1 is 1.03 bits per heavy atom. The molecule has 0 radical (unpaired) electrons. The molecule has 3 aromatic rings. The summed E-state index contributed by atoms with van der Waals surface area (Å²) < 4.78 is 5.44. The summed E-state index contributed by atoms with van der Waals surface area (Å²) in [6, 6.07) is 22.0. The number of carbonyl (C=O) groups excluding carboxylic acids is 2. The zero-order valence-electron chi connectivity index (χ0n) is 16.6. The molecule has 1 aliphatic carbocycles. The van der Waals surface area contributed by atoms with Gasteiger partial charge in [-0.25, -0.2) is 0 Å². The van der Waals surface area contributed by atoms with Crippen molar-refractivity contribution in [1.82, 2.24) is 5.32 Å². The molecule has 0 spiro atoms. The van der Waals surface area contributed by atoms with Crippen LogP contribution >= 0.6 is 0 Å². The lowest BCUT2D eigenvalue weighted by Crippen LogP contribution is -2.39. The van der Waals surface area contributed by atoms with Gasteiger partial charge in [-0.05, 0) is 53.6 Å². The Bertz CT molecular complexity index is 1040. The number of ether oxygens (including phenoxy) is 1. The minimum atomic E-state index is -0.827. The molecule has 0 saturated heterocycles. The molecule has 0 heterocycles. The van der Waals surface area contributed by atoms with Crippen molar-refractivity contribution in [3.8, 4) is 0 Å². The van der Waals surface area contributed by atoms with Crippen molar-refractivity contribution < 1.29 is 14.3 Å². The third kappa shape index (κ3) is 4.32. The van der Waals surface area contributed by atoms with Crippen LogP contribution in [0.3, 0.4) is 0 Å². The summed E-state index contributed by atoms with van der Waals surface area (Å²) in [5.41, 5.74) is 3.35. The van der Waals surface area contributed by atoms with Crippen molar-refractivity contribution >= 4 is 22.6 Å². The van der Waals surface area contributed by atoms with E-state index in [1.165, 1.54) is 11.1 Å². The van der Waals surface area contributed by atoms with Crippen LogP contribution in [0.2, 0.25) is 0 Å². The number of amides is 1. The van der Waals surface area contributed by atoms with Gasteiger partial charge in [0.05, 0.1) is 12.5 Å². The Morgan fingerprint density at radius 2 is 1.79 bits per heavy atom.